The highest BCUT2D eigenvalue weighted by Gasteiger charge is 2.15. The second-order valence-corrected chi connectivity index (χ2v) is 4.61. The summed E-state index contributed by atoms with van der Waals surface area (Å²) < 4.78 is 6.89. The first-order chi connectivity index (χ1) is 10.0. The zero-order valence-electron chi connectivity index (χ0n) is 12.3. The lowest BCUT2D eigenvalue weighted by Crippen LogP contribution is -2.22. The number of anilines is 1. The molecule has 2 aromatic heterocycles. The van der Waals surface area contributed by atoms with Crippen molar-refractivity contribution in [3.8, 4) is 11.7 Å². The third-order valence-electron chi connectivity index (χ3n) is 2.70. The van der Waals surface area contributed by atoms with E-state index >= 15 is 0 Å². The molecule has 2 heterocycles. The molecule has 0 aromatic carbocycles. The van der Waals surface area contributed by atoms with Crippen LogP contribution >= 0.6 is 0 Å². The van der Waals surface area contributed by atoms with Crippen molar-refractivity contribution in [3.63, 3.8) is 0 Å². The lowest BCUT2D eigenvalue weighted by atomic mass is 10.4. The molecule has 0 aliphatic rings. The zero-order valence-corrected chi connectivity index (χ0v) is 12.3. The molecule has 0 spiro atoms. The van der Waals surface area contributed by atoms with Gasteiger partial charge in [-0.2, -0.15) is 10.1 Å². The first-order valence-corrected chi connectivity index (χ1v) is 6.55. The van der Waals surface area contributed by atoms with Crippen LogP contribution in [-0.4, -0.2) is 51.3 Å². The molecule has 0 aliphatic carbocycles. The predicted molar refractivity (Wildman–Crippen MR) is 77.4 cm³/mol. The number of ether oxygens (including phenoxy) is 1. The van der Waals surface area contributed by atoms with Crippen molar-refractivity contribution in [1.82, 2.24) is 24.6 Å². The third-order valence-corrected chi connectivity index (χ3v) is 2.70. The molecule has 0 saturated heterocycles. The van der Waals surface area contributed by atoms with Crippen molar-refractivity contribution < 1.29 is 9.53 Å². The van der Waals surface area contributed by atoms with Crippen LogP contribution in [0.2, 0.25) is 0 Å². The Labute approximate surface area is 122 Å². The molecule has 1 amide bonds. The maximum Gasteiger partial charge on any atom is 0.273 e. The number of nitrogens with zero attached hydrogens (tertiary/aromatic N) is 5. The summed E-state index contributed by atoms with van der Waals surface area (Å²) in [7, 11) is 3.33. The van der Waals surface area contributed by atoms with Crippen LogP contribution in [0.25, 0.3) is 5.82 Å². The van der Waals surface area contributed by atoms with Gasteiger partial charge in [-0.15, -0.1) is 0 Å². The number of hydrogen-bond donors (Lipinski definition) is 1. The lowest BCUT2D eigenvalue weighted by Gasteiger charge is -2.10. The van der Waals surface area contributed by atoms with Gasteiger partial charge in [0.25, 0.3) is 5.91 Å². The third kappa shape index (κ3) is 3.10. The molecule has 2 N–H and O–H groups in total. The van der Waals surface area contributed by atoms with Gasteiger partial charge < -0.3 is 15.4 Å². The molecule has 0 aliphatic heterocycles. The SMILES string of the molecule is CCCOc1ncnc(-n2ccc(C(=O)N(C)C)n2)c1N. The van der Waals surface area contributed by atoms with Crippen LogP contribution in [0, 0.1) is 0 Å². The maximum absolute atomic E-state index is 11.8. The minimum absolute atomic E-state index is 0.191. The van der Waals surface area contributed by atoms with Gasteiger partial charge in [0.1, 0.15) is 12.0 Å². The van der Waals surface area contributed by atoms with Crippen molar-refractivity contribution in [1.29, 1.82) is 0 Å². The van der Waals surface area contributed by atoms with Crippen molar-refractivity contribution >= 4 is 11.6 Å². The van der Waals surface area contributed by atoms with Crippen molar-refractivity contribution in [3.05, 3.63) is 24.3 Å². The molecule has 0 unspecified atom stereocenters. The first-order valence-electron chi connectivity index (χ1n) is 6.55. The summed E-state index contributed by atoms with van der Waals surface area (Å²) in [5.74, 6) is 0.510. The van der Waals surface area contributed by atoms with E-state index in [9.17, 15) is 4.79 Å². The molecule has 0 bridgehead atoms. The van der Waals surface area contributed by atoms with E-state index in [-0.39, 0.29) is 11.6 Å². The summed E-state index contributed by atoms with van der Waals surface area (Å²) in [6, 6.07) is 1.61. The van der Waals surface area contributed by atoms with Gasteiger partial charge in [-0.1, -0.05) is 6.92 Å². The first kappa shape index (κ1) is 14.8. The van der Waals surface area contributed by atoms with Crippen LogP contribution in [0.5, 0.6) is 5.88 Å². The second kappa shape index (κ2) is 6.21. The Morgan fingerprint density at radius 3 is 2.86 bits per heavy atom. The van der Waals surface area contributed by atoms with Crippen LogP contribution in [0.1, 0.15) is 23.8 Å². The highest BCUT2D eigenvalue weighted by Crippen LogP contribution is 2.23. The van der Waals surface area contributed by atoms with E-state index in [0.717, 1.165) is 6.42 Å². The summed E-state index contributed by atoms with van der Waals surface area (Å²) in [4.78, 5) is 21.4. The van der Waals surface area contributed by atoms with Crippen LogP contribution < -0.4 is 10.5 Å². The van der Waals surface area contributed by atoms with Crippen LogP contribution in [-0.2, 0) is 0 Å². The minimum Gasteiger partial charge on any atom is -0.476 e. The van der Waals surface area contributed by atoms with Gasteiger partial charge in [0.15, 0.2) is 11.5 Å². The molecule has 0 fully saturated rings. The van der Waals surface area contributed by atoms with E-state index < -0.39 is 0 Å². The molecule has 2 rings (SSSR count). The van der Waals surface area contributed by atoms with Crippen LogP contribution in [0.4, 0.5) is 5.69 Å². The van der Waals surface area contributed by atoms with Gasteiger partial charge >= 0.3 is 0 Å². The van der Waals surface area contributed by atoms with Crippen LogP contribution in [0.3, 0.4) is 0 Å². The van der Waals surface area contributed by atoms with Crippen molar-refractivity contribution in [2.45, 2.75) is 13.3 Å². The molecule has 8 nitrogen and oxygen atoms in total. The molecule has 2 aromatic rings. The number of carbonyl (C=O) groups excluding carboxylic acids is 1. The van der Waals surface area contributed by atoms with E-state index in [4.69, 9.17) is 10.5 Å². The van der Waals surface area contributed by atoms with Crippen molar-refractivity contribution in [2.75, 3.05) is 26.4 Å². The fraction of sp³-hybridized carbons (Fsp3) is 0.385. The normalized spacial score (nSPS) is 10.4. The molecular formula is C13H18N6O2. The summed E-state index contributed by atoms with van der Waals surface area (Å²) in [5, 5.41) is 4.18. The van der Waals surface area contributed by atoms with Gasteiger partial charge in [0.05, 0.1) is 6.61 Å². The molecule has 0 atom stereocenters. The number of amides is 1. The maximum atomic E-state index is 11.8. The predicted octanol–water partition coefficient (Wildman–Crippen LogP) is 0.735. The molecule has 0 saturated carbocycles. The standard InChI is InChI=1S/C13H18N6O2/c1-4-7-21-12-10(14)11(15-8-16-12)19-6-5-9(17-19)13(20)18(2)3/h5-6,8H,4,7,14H2,1-3H3. The summed E-state index contributed by atoms with van der Waals surface area (Å²) in [6.07, 6.45) is 3.83. The average molecular weight is 290 g/mol. The van der Waals surface area contributed by atoms with Gasteiger partial charge in [0.2, 0.25) is 5.88 Å². The number of nitrogens with two attached hydrogens (primary N) is 1. The van der Waals surface area contributed by atoms with Gasteiger partial charge in [0, 0.05) is 20.3 Å². The van der Waals surface area contributed by atoms with E-state index in [1.807, 2.05) is 6.92 Å². The zero-order chi connectivity index (χ0) is 15.4. The Balaban J connectivity index is 2.32. The Morgan fingerprint density at radius 2 is 2.19 bits per heavy atom. The number of carbonyl (C=O) groups is 1. The molecular weight excluding hydrogens is 272 g/mol. The fourth-order valence-electron chi connectivity index (χ4n) is 1.65. The molecule has 8 heteroatoms. The number of nitrogen functional groups attached to an aromatic ring is 1. The summed E-state index contributed by atoms with van der Waals surface area (Å²) in [5.41, 5.74) is 6.60. The Hall–Kier alpha value is -2.64. The van der Waals surface area contributed by atoms with E-state index in [0.29, 0.717) is 24.0 Å². The highest BCUT2D eigenvalue weighted by molar-refractivity contribution is 5.91. The largest absolute Gasteiger partial charge is 0.476 e. The van der Waals surface area contributed by atoms with E-state index in [1.54, 1.807) is 26.4 Å². The lowest BCUT2D eigenvalue weighted by molar-refractivity contribution is 0.0821. The summed E-state index contributed by atoms with van der Waals surface area (Å²) >= 11 is 0. The van der Waals surface area contributed by atoms with Crippen LogP contribution in [0.15, 0.2) is 18.6 Å². The van der Waals surface area contributed by atoms with Gasteiger partial charge in [-0.25, -0.2) is 9.67 Å². The van der Waals surface area contributed by atoms with E-state index in [1.165, 1.54) is 15.9 Å². The minimum atomic E-state index is -0.191. The average Bonchev–Trinajstić information content (AvgIpc) is 2.94. The Morgan fingerprint density at radius 1 is 1.43 bits per heavy atom. The topological polar surface area (TPSA) is 99.2 Å². The molecule has 0 radical (unpaired) electrons. The quantitative estimate of drug-likeness (QED) is 0.871. The fourth-order valence-corrected chi connectivity index (χ4v) is 1.65. The Bertz CT molecular complexity index is 637. The highest BCUT2D eigenvalue weighted by atomic mass is 16.5. The molecule has 112 valence electrons. The Kier molecular flexibility index (Phi) is 4.36. The molecule has 21 heavy (non-hydrogen) atoms. The van der Waals surface area contributed by atoms with Gasteiger partial charge in [-0.3, -0.25) is 4.79 Å². The number of hydrogen-bond acceptors (Lipinski definition) is 6. The summed E-state index contributed by atoms with van der Waals surface area (Å²) in [6.45, 7) is 2.51. The second-order valence-electron chi connectivity index (χ2n) is 4.61. The monoisotopic (exact) mass is 290 g/mol. The van der Waals surface area contributed by atoms with E-state index in [2.05, 4.69) is 15.1 Å². The smallest absolute Gasteiger partial charge is 0.273 e. The number of aromatic nitrogens is 4. The van der Waals surface area contributed by atoms with Crippen molar-refractivity contribution in [2.24, 2.45) is 0 Å². The van der Waals surface area contributed by atoms with Gasteiger partial charge in [-0.05, 0) is 12.5 Å². The number of rotatable bonds is 5.